The van der Waals surface area contributed by atoms with Crippen molar-refractivity contribution in [3.05, 3.63) is 80.8 Å². The number of halogens is 3. The molecule has 1 heterocycles. The molecule has 0 aliphatic carbocycles. The number of carbonyl (C=O) groups excluding carboxylic acids is 3. The second-order valence-corrected chi connectivity index (χ2v) is 8.64. The summed E-state index contributed by atoms with van der Waals surface area (Å²) < 4.78 is 12.9. The molecule has 0 spiro atoms. The van der Waals surface area contributed by atoms with Crippen LogP contribution in [-0.2, 0) is 27.2 Å². The third-order valence-electron chi connectivity index (χ3n) is 5.29. The Hall–Kier alpha value is -3.10. The molecule has 0 atom stereocenters. The van der Waals surface area contributed by atoms with Gasteiger partial charge in [-0.05, 0) is 54.7 Å². The number of hydrogen-bond acceptors (Lipinski definition) is 4. The van der Waals surface area contributed by atoms with Gasteiger partial charge in [-0.2, -0.15) is 0 Å². The van der Waals surface area contributed by atoms with Crippen LogP contribution in [0.4, 0.5) is 4.39 Å². The Morgan fingerprint density at radius 3 is 2.38 bits per heavy atom. The van der Waals surface area contributed by atoms with Gasteiger partial charge in [-0.1, -0.05) is 41.4 Å². The Morgan fingerprint density at radius 1 is 0.971 bits per heavy atom. The molecule has 0 bridgehead atoms. The number of aliphatic hydroxyl groups excluding tert-OH is 1. The van der Waals surface area contributed by atoms with E-state index in [0.29, 0.717) is 42.4 Å². The summed E-state index contributed by atoms with van der Waals surface area (Å²) in [5, 5.41) is 16.4. The van der Waals surface area contributed by atoms with Crippen LogP contribution in [0.5, 0.6) is 0 Å². The molecule has 34 heavy (non-hydrogen) atoms. The van der Waals surface area contributed by atoms with Gasteiger partial charge in [0, 0.05) is 13.1 Å². The molecule has 0 unspecified atom stereocenters. The highest BCUT2D eigenvalue weighted by atomic mass is 35.5. The topological polar surface area (TPSA) is 98.7 Å². The fourth-order valence-electron chi connectivity index (χ4n) is 3.45. The number of aliphatic hydroxyl groups is 1. The largest absolute Gasteiger partial charge is 0.503 e. The van der Waals surface area contributed by atoms with E-state index >= 15 is 0 Å². The maximum absolute atomic E-state index is 12.9. The Kier molecular flexibility index (Phi) is 8.90. The predicted molar refractivity (Wildman–Crippen MR) is 127 cm³/mol. The zero-order chi connectivity index (χ0) is 24.7. The number of nitrogens with zero attached hydrogens (tertiary/aromatic N) is 1. The van der Waals surface area contributed by atoms with E-state index in [-0.39, 0.29) is 24.5 Å². The SMILES string of the molecule is O=C(CN1CC(C(=O)NCCCc2ccc(Cl)c(Cl)c2)=C(O)C1=O)NCCc1ccc(F)cc1. The Bertz CT molecular complexity index is 1110. The highest BCUT2D eigenvalue weighted by Crippen LogP contribution is 2.23. The molecule has 0 fully saturated rings. The van der Waals surface area contributed by atoms with Crippen LogP contribution in [0.3, 0.4) is 0 Å². The zero-order valence-electron chi connectivity index (χ0n) is 18.2. The van der Waals surface area contributed by atoms with Gasteiger partial charge in [0.1, 0.15) is 12.4 Å². The average molecular weight is 508 g/mol. The van der Waals surface area contributed by atoms with Gasteiger partial charge in [-0.15, -0.1) is 0 Å². The summed E-state index contributed by atoms with van der Waals surface area (Å²) >= 11 is 11.9. The van der Waals surface area contributed by atoms with Crippen LogP contribution in [0.1, 0.15) is 17.5 Å². The molecule has 7 nitrogen and oxygen atoms in total. The molecule has 0 saturated carbocycles. The third-order valence-corrected chi connectivity index (χ3v) is 6.03. The van der Waals surface area contributed by atoms with E-state index in [1.165, 1.54) is 12.1 Å². The molecule has 0 aromatic heterocycles. The van der Waals surface area contributed by atoms with E-state index in [0.717, 1.165) is 16.0 Å². The number of rotatable bonds is 10. The van der Waals surface area contributed by atoms with Crippen LogP contribution in [0.2, 0.25) is 10.0 Å². The minimum absolute atomic E-state index is 0.0707. The van der Waals surface area contributed by atoms with Crippen LogP contribution in [0, 0.1) is 5.82 Å². The normalized spacial score (nSPS) is 13.4. The molecule has 3 amide bonds. The summed E-state index contributed by atoms with van der Waals surface area (Å²) in [6, 6.07) is 11.3. The summed E-state index contributed by atoms with van der Waals surface area (Å²) in [6.07, 6.45) is 1.77. The zero-order valence-corrected chi connectivity index (χ0v) is 19.8. The maximum Gasteiger partial charge on any atom is 0.290 e. The third kappa shape index (κ3) is 6.95. The Balaban J connectivity index is 1.40. The molecule has 2 aromatic carbocycles. The van der Waals surface area contributed by atoms with Gasteiger partial charge in [-0.3, -0.25) is 14.4 Å². The van der Waals surface area contributed by atoms with Crippen LogP contribution >= 0.6 is 23.2 Å². The van der Waals surface area contributed by atoms with Gasteiger partial charge in [0.15, 0.2) is 5.76 Å². The molecule has 0 radical (unpaired) electrons. The van der Waals surface area contributed by atoms with Crippen LogP contribution < -0.4 is 10.6 Å². The summed E-state index contributed by atoms with van der Waals surface area (Å²) in [4.78, 5) is 38.0. The van der Waals surface area contributed by atoms with Gasteiger partial charge in [-0.25, -0.2) is 4.39 Å². The first-order valence-corrected chi connectivity index (χ1v) is 11.4. The molecule has 2 aromatic rings. The monoisotopic (exact) mass is 507 g/mol. The van der Waals surface area contributed by atoms with Gasteiger partial charge >= 0.3 is 0 Å². The quantitative estimate of drug-likeness (QED) is 0.430. The van der Waals surface area contributed by atoms with Gasteiger partial charge in [0.05, 0.1) is 22.2 Å². The van der Waals surface area contributed by atoms with Gasteiger partial charge in [0.2, 0.25) is 5.91 Å². The second-order valence-electron chi connectivity index (χ2n) is 7.82. The fraction of sp³-hybridized carbons (Fsp3) is 0.292. The molecular formula is C24H24Cl2FN3O4. The van der Waals surface area contributed by atoms with E-state index in [9.17, 15) is 23.9 Å². The van der Waals surface area contributed by atoms with Crippen molar-refractivity contribution in [2.45, 2.75) is 19.3 Å². The molecule has 10 heteroatoms. The van der Waals surface area contributed by atoms with Crippen LogP contribution in [0.25, 0.3) is 0 Å². The van der Waals surface area contributed by atoms with Crippen LogP contribution in [0.15, 0.2) is 53.8 Å². The molecule has 3 N–H and O–H groups in total. The minimum atomic E-state index is -0.769. The van der Waals surface area contributed by atoms with E-state index < -0.39 is 23.5 Å². The number of benzene rings is 2. The lowest BCUT2D eigenvalue weighted by Crippen LogP contribution is -2.40. The standard InChI is InChI=1S/C24H24Cl2FN3O4/c25-19-8-5-16(12-20(19)26)2-1-10-29-23(33)18-13-30(24(34)22(18)32)14-21(31)28-11-9-15-3-6-17(27)7-4-15/h3-8,12,32H,1-2,9-11,13-14H2,(H,28,31)(H,29,33). The van der Waals surface area contributed by atoms with Crippen molar-refractivity contribution < 1.29 is 23.9 Å². The highest BCUT2D eigenvalue weighted by Gasteiger charge is 2.34. The summed E-state index contributed by atoms with van der Waals surface area (Å²) in [5.74, 6) is -2.74. The summed E-state index contributed by atoms with van der Waals surface area (Å²) in [5.41, 5.74) is 1.76. The predicted octanol–water partition coefficient (Wildman–Crippen LogP) is 3.19. The van der Waals surface area contributed by atoms with Crippen molar-refractivity contribution >= 4 is 40.9 Å². The first-order valence-electron chi connectivity index (χ1n) is 10.7. The fourth-order valence-corrected chi connectivity index (χ4v) is 3.77. The van der Waals surface area contributed by atoms with Crippen molar-refractivity contribution in [2.24, 2.45) is 0 Å². The number of nitrogens with one attached hydrogen (secondary N) is 2. The summed E-state index contributed by atoms with van der Waals surface area (Å²) in [7, 11) is 0. The van der Waals surface area contributed by atoms with Crippen molar-refractivity contribution in [1.29, 1.82) is 0 Å². The van der Waals surface area contributed by atoms with E-state index in [2.05, 4.69) is 10.6 Å². The van der Waals surface area contributed by atoms with Crippen molar-refractivity contribution in [3.63, 3.8) is 0 Å². The van der Waals surface area contributed by atoms with Crippen molar-refractivity contribution in [3.8, 4) is 0 Å². The van der Waals surface area contributed by atoms with Gasteiger partial charge in [0.25, 0.3) is 11.8 Å². The second kappa shape index (κ2) is 11.9. The Morgan fingerprint density at radius 2 is 1.68 bits per heavy atom. The maximum atomic E-state index is 12.9. The first-order chi connectivity index (χ1) is 16.2. The molecular weight excluding hydrogens is 484 g/mol. The molecule has 3 rings (SSSR count). The number of carbonyl (C=O) groups is 3. The van der Waals surface area contributed by atoms with E-state index in [1.54, 1.807) is 24.3 Å². The summed E-state index contributed by atoms with van der Waals surface area (Å²) in [6.45, 7) is 0.182. The molecule has 1 aliphatic heterocycles. The number of aryl methyl sites for hydroxylation is 1. The van der Waals surface area contributed by atoms with E-state index in [1.807, 2.05) is 6.07 Å². The number of hydrogen-bond donors (Lipinski definition) is 3. The highest BCUT2D eigenvalue weighted by molar-refractivity contribution is 6.42. The lowest BCUT2D eigenvalue weighted by atomic mass is 10.1. The molecule has 0 saturated heterocycles. The van der Waals surface area contributed by atoms with Crippen molar-refractivity contribution in [1.82, 2.24) is 15.5 Å². The van der Waals surface area contributed by atoms with Gasteiger partial charge < -0.3 is 20.6 Å². The lowest BCUT2D eigenvalue weighted by molar-refractivity contribution is -0.133. The van der Waals surface area contributed by atoms with Crippen LogP contribution in [-0.4, -0.2) is 53.9 Å². The first kappa shape index (κ1) is 25.5. The minimum Gasteiger partial charge on any atom is -0.503 e. The smallest absolute Gasteiger partial charge is 0.290 e. The average Bonchev–Trinajstić information content (AvgIpc) is 3.08. The van der Waals surface area contributed by atoms with Crippen molar-refractivity contribution in [2.75, 3.05) is 26.2 Å². The molecule has 180 valence electrons. The Labute approximate surface area is 206 Å². The van der Waals surface area contributed by atoms with E-state index in [4.69, 9.17) is 23.2 Å². The lowest BCUT2D eigenvalue weighted by Gasteiger charge is -2.16. The molecule has 1 aliphatic rings. The number of amides is 3.